The first kappa shape index (κ1) is 7.61. The van der Waals surface area contributed by atoms with Crippen molar-refractivity contribution in [3.63, 3.8) is 0 Å². The number of nitrogens with one attached hydrogen (secondary N) is 1. The van der Waals surface area contributed by atoms with Gasteiger partial charge < -0.3 is 4.98 Å². The van der Waals surface area contributed by atoms with Crippen LogP contribution < -0.4 is 0 Å². The van der Waals surface area contributed by atoms with Crippen molar-refractivity contribution in [1.82, 2.24) is 15.0 Å². The van der Waals surface area contributed by atoms with Gasteiger partial charge in [-0.25, -0.2) is 9.97 Å². The van der Waals surface area contributed by atoms with Crippen LogP contribution in [0.4, 0.5) is 0 Å². The van der Waals surface area contributed by atoms with Crippen molar-refractivity contribution >= 4 is 22.9 Å². The first-order chi connectivity index (χ1) is 5.79. The van der Waals surface area contributed by atoms with Gasteiger partial charge in [-0.2, -0.15) is 0 Å². The number of pyridine rings is 1. The standard InChI is InChI=1S/C8H9N3S/c1-5-3-6-7(9-4-5)11-8(10-6)12-2/h3-4H,1-2H3,(H,9,10,11). The van der Waals surface area contributed by atoms with Crippen LogP contribution in [0.5, 0.6) is 0 Å². The Morgan fingerprint density at radius 1 is 1.50 bits per heavy atom. The summed E-state index contributed by atoms with van der Waals surface area (Å²) in [6.07, 6.45) is 3.82. The molecule has 0 spiro atoms. The first-order valence-corrected chi connectivity index (χ1v) is 4.88. The van der Waals surface area contributed by atoms with Crippen molar-refractivity contribution in [3.8, 4) is 0 Å². The topological polar surface area (TPSA) is 41.6 Å². The fourth-order valence-electron chi connectivity index (χ4n) is 1.08. The van der Waals surface area contributed by atoms with Crippen LogP contribution in [0.2, 0.25) is 0 Å². The van der Waals surface area contributed by atoms with Crippen molar-refractivity contribution in [2.24, 2.45) is 0 Å². The number of rotatable bonds is 1. The summed E-state index contributed by atoms with van der Waals surface area (Å²) < 4.78 is 0. The molecule has 0 saturated heterocycles. The van der Waals surface area contributed by atoms with E-state index in [1.165, 1.54) is 0 Å². The SMILES string of the molecule is CSc1nc2ncc(C)cc2[nH]1. The molecule has 0 atom stereocenters. The van der Waals surface area contributed by atoms with E-state index >= 15 is 0 Å². The fraction of sp³-hybridized carbons (Fsp3) is 0.250. The highest BCUT2D eigenvalue weighted by molar-refractivity contribution is 7.98. The molecule has 3 nitrogen and oxygen atoms in total. The minimum Gasteiger partial charge on any atom is -0.332 e. The van der Waals surface area contributed by atoms with Gasteiger partial charge in [0.15, 0.2) is 10.8 Å². The average molecular weight is 179 g/mol. The van der Waals surface area contributed by atoms with Crippen molar-refractivity contribution in [1.29, 1.82) is 0 Å². The number of thioether (sulfide) groups is 1. The number of fused-ring (bicyclic) bond motifs is 1. The highest BCUT2D eigenvalue weighted by Crippen LogP contribution is 2.15. The van der Waals surface area contributed by atoms with Gasteiger partial charge in [-0.1, -0.05) is 11.8 Å². The lowest BCUT2D eigenvalue weighted by molar-refractivity contribution is 1.08. The van der Waals surface area contributed by atoms with E-state index in [1.54, 1.807) is 11.8 Å². The molecule has 1 N–H and O–H groups in total. The van der Waals surface area contributed by atoms with Crippen LogP contribution in [0.3, 0.4) is 0 Å². The second-order valence-corrected chi connectivity index (χ2v) is 3.42. The van der Waals surface area contributed by atoms with Gasteiger partial charge in [0.1, 0.15) is 0 Å². The van der Waals surface area contributed by atoms with Gasteiger partial charge in [0.05, 0.1) is 5.52 Å². The van der Waals surface area contributed by atoms with Gasteiger partial charge in [-0.05, 0) is 24.8 Å². The zero-order valence-electron chi connectivity index (χ0n) is 6.96. The van der Waals surface area contributed by atoms with Crippen molar-refractivity contribution < 1.29 is 0 Å². The minimum atomic E-state index is 0.796. The smallest absolute Gasteiger partial charge is 0.178 e. The van der Waals surface area contributed by atoms with Crippen LogP contribution in [0.1, 0.15) is 5.56 Å². The van der Waals surface area contributed by atoms with E-state index < -0.39 is 0 Å². The number of imidazole rings is 1. The fourth-order valence-corrected chi connectivity index (χ4v) is 1.47. The molecular formula is C8H9N3S. The predicted octanol–water partition coefficient (Wildman–Crippen LogP) is 1.99. The quantitative estimate of drug-likeness (QED) is 0.681. The molecule has 0 aromatic carbocycles. The lowest BCUT2D eigenvalue weighted by atomic mass is 10.3. The normalized spacial score (nSPS) is 10.8. The van der Waals surface area contributed by atoms with E-state index in [9.17, 15) is 0 Å². The van der Waals surface area contributed by atoms with E-state index in [-0.39, 0.29) is 0 Å². The number of nitrogens with zero attached hydrogens (tertiary/aromatic N) is 2. The number of aromatic nitrogens is 3. The van der Waals surface area contributed by atoms with Gasteiger partial charge in [0.2, 0.25) is 0 Å². The van der Waals surface area contributed by atoms with Crippen LogP contribution in [0.15, 0.2) is 17.4 Å². The highest BCUT2D eigenvalue weighted by atomic mass is 32.2. The Bertz CT molecular complexity index is 408. The number of hydrogen-bond acceptors (Lipinski definition) is 3. The Balaban J connectivity index is 2.67. The molecule has 0 fully saturated rings. The van der Waals surface area contributed by atoms with Crippen LogP contribution in [0, 0.1) is 6.92 Å². The van der Waals surface area contributed by atoms with E-state index in [0.717, 1.165) is 21.9 Å². The molecule has 0 aliphatic heterocycles. The summed E-state index contributed by atoms with van der Waals surface area (Å²) in [5.74, 6) is 0. The van der Waals surface area contributed by atoms with E-state index in [0.29, 0.717) is 0 Å². The predicted molar refractivity (Wildman–Crippen MR) is 50.4 cm³/mol. The maximum Gasteiger partial charge on any atom is 0.178 e. The Hall–Kier alpha value is -1.03. The van der Waals surface area contributed by atoms with Crippen LogP contribution in [0.25, 0.3) is 11.2 Å². The molecule has 2 aromatic rings. The van der Waals surface area contributed by atoms with Gasteiger partial charge in [-0.15, -0.1) is 0 Å². The van der Waals surface area contributed by atoms with Crippen molar-refractivity contribution in [2.75, 3.05) is 6.26 Å². The zero-order valence-corrected chi connectivity index (χ0v) is 7.77. The first-order valence-electron chi connectivity index (χ1n) is 3.66. The molecular weight excluding hydrogens is 170 g/mol. The summed E-state index contributed by atoms with van der Waals surface area (Å²) in [6, 6.07) is 2.05. The van der Waals surface area contributed by atoms with E-state index in [4.69, 9.17) is 0 Å². The molecule has 0 radical (unpaired) electrons. The Labute approximate surface area is 74.6 Å². The van der Waals surface area contributed by atoms with Gasteiger partial charge >= 0.3 is 0 Å². The molecule has 0 amide bonds. The third-order valence-corrected chi connectivity index (χ3v) is 2.23. The molecule has 62 valence electrons. The molecule has 4 heteroatoms. The monoisotopic (exact) mass is 179 g/mol. The summed E-state index contributed by atoms with van der Waals surface area (Å²) >= 11 is 1.59. The second-order valence-electron chi connectivity index (χ2n) is 2.63. The third-order valence-electron chi connectivity index (χ3n) is 1.65. The molecule has 0 bridgehead atoms. The molecule has 12 heavy (non-hydrogen) atoms. The largest absolute Gasteiger partial charge is 0.332 e. The maximum atomic E-state index is 4.27. The lowest BCUT2D eigenvalue weighted by Crippen LogP contribution is -1.77. The Morgan fingerprint density at radius 2 is 2.33 bits per heavy atom. The van der Waals surface area contributed by atoms with Crippen LogP contribution >= 0.6 is 11.8 Å². The average Bonchev–Trinajstić information content (AvgIpc) is 2.46. The molecule has 2 aromatic heterocycles. The van der Waals surface area contributed by atoms with Gasteiger partial charge in [0.25, 0.3) is 0 Å². The number of hydrogen-bond donors (Lipinski definition) is 1. The molecule has 0 aliphatic carbocycles. The van der Waals surface area contributed by atoms with Crippen molar-refractivity contribution in [3.05, 3.63) is 17.8 Å². The summed E-state index contributed by atoms with van der Waals surface area (Å²) in [4.78, 5) is 11.6. The van der Waals surface area contributed by atoms with Crippen LogP contribution in [-0.4, -0.2) is 21.2 Å². The highest BCUT2D eigenvalue weighted by Gasteiger charge is 2.01. The van der Waals surface area contributed by atoms with E-state index in [2.05, 4.69) is 21.0 Å². The third kappa shape index (κ3) is 1.18. The number of H-pyrrole nitrogens is 1. The summed E-state index contributed by atoms with van der Waals surface area (Å²) in [5.41, 5.74) is 2.96. The minimum absolute atomic E-state index is 0.796. The van der Waals surface area contributed by atoms with Gasteiger partial charge in [-0.3, -0.25) is 0 Å². The second kappa shape index (κ2) is 2.79. The van der Waals surface area contributed by atoms with Crippen LogP contribution in [-0.2, 0) is 0 Å². The molecule has 0 aliphatic rings. The molecule has 2 rings (SSSR count). The summed E-state index contributed by atoms with van der Waals surface area (Å²) in [5, 5.41) is 0.920. The summed E-state index contributed by atoms with van der Waals surface area (Å²) in [6.45, 7) is 2.02. The Morgan fingerprint density at radius 3 is 3.08 bits per heavy atom. The van der Waals surface area contributed by atoms with Gasteiger partial charge in [0, 0.05) is 6.20 Å². The van der Waals surface area contributed by atoms with E-state index in [1.807, 2.05) is 19.4 Å². The maximum absolute atomic E-state index is 4.27. The molecule has 2 heterocycles. The zero-order chi connectivity index (χ0) is 8.55. The Kier molecular flexibility index (Phi) is 1.77. The molecule has 0 saturated carbocycles. The molecule has 0 unspecified atom stereocenters. The number of aryl methyl sites for hydroxylation is 1. The summed E-state index contributed by atoms with van der Waals surface area (Å²) in [7, 11) is 0. The lowest BCUT2D eigenvalue weighted by Gasteiger charge is -1.88. The van der Waals surface area contributed by atoms with Crippen molar-refractivity contribution in [2.45, 2.75) is 12.1 Å². The number of aromatic amines is 1.